The van der Waals surface area contributed by atoms with Gasteiger partial charge in [0.15, 0.2) is 0 Å². The monoisotopic (exact) mass is 351 g/mol. The molecular weight excluding hydrogens is 335 g/mol. The molecule has 0 amide bonds. The summed E-state index contributed by atoms with van der Waals surface area (Å²) in [5.74, 6) is 0. The molecule has 1 aliphatic rings. The molecule has 0 spiro atoms. The summed E-state index contributed by atoms with van der Waals surface area (Å²) in [6.45, 7) is -0.624. The molecule has 1 aromatic rings. The fourth-order valence-corrected chi connectivity index (χ4v) is 2.65. The van der Waals surface area contributed by atoms with Gasteiger partial charge >= 0.3 is 6.18 Å². The Bertz CT molecular complexity index is 448. The lowest BCUT2D eigenvalue weighted by Gasteiger charge is -2.24. The second-order valence-electron chi connectivity index (χ2n) is 5.18. The van der Waals surface area contributed by atoms with Crippen LogP contribution in [0.2, 0.25) is 0 Å². The number of aliphatic hydroxyl groups is 1. The van der Waals surface area contributed by atoms with Crippen LogP contribution in [0, 0.1) is 0 Å². The maximum atomic E-state index is 12.5. The maximum Gasteiger partial charge on any atom is 0.401 e. The molecule has 1 atom stereocenters. The van der Waals surface area contributed by atoms with Gasteiger partial charge in [-0.2, -0.15) is 13.2 Å². The third-order valence-electron chi connectivity index (χ3n) is 3.37. The lowest BCUT2D eigenvalue weighted by Crippen LogP contribution is -2.37. The van der Waals surface area contributed by atoms with Crippen LogP contribution in [0.5, 0.6) is 0 Å². The van der Waals surface area contributed by atoms with Crippen LogP contribution in [0.3, 0.4) is 0 Å². The van der Waals surface area contributed by atoms with Crippen molar-refractivity contribution in [3.63, 3.8) is 0 Å². The zero-order valence-corrected chi connectivity index (χ0v) is 12.5. The summed E-state index contributed by atoms with van der Waals surface area (Å²) in [4.78, 5) is 1.43. The summed E-state index contributed by atoms with van der Waals surface area (Å²) < 4.78 is 38.3. The van der Waals surface area contributed by atoms with Crippen LogP contribution in [-0.2, 0) is 0 Å². The molecule has 0 heterocycles. The standard InChI is InChI=1S/C14H17BrF3NO/c15-11-3-1-2-10(8-11)13(20)6-7-19(12-4-5-12)9-14(16,17)18/h1-3,8,12-13,20H,4-7,9H2. The highest BCUT2D eigenvalue weighted by atomic mass is 79.9. The molecular formula is C14H17BrF3NO. The zero-order valence-electron chi connectivity index (χ0n) is 10.9. The van der Waals surface area contributed by atoms with E-state index in [1.165, 1.54) is 4.90 Å². The van der Waals surface area contributed by atoms with Gasteiger partial charge in [0, 0.05) is 17.1 Å². The molecule has 0 aliphatic heterocycles. The predicted octanol–water partition coefficient (Wildman–Crippen LogP) is 3.90. The Morgan fingerprint density at radius 1 is 1.35 bits per heavy atom. The first-order valence-corrected chi connectivity index (χ1v) is 7.39. The third kappa shape index (κ3) is 5.07. The van der Waals surface area contributed by atoms with Crippen LogP contribution in [-0.4, -0.2) is 35.3 Å². The van der Waals surface area contributed by atoms with Crippen molar-refractivity contribution in [2.24, 2.45) is 0 Å². The van der Waals surface area contributed by atoms with E-state index in [0.717, 1.165) is 22.9 Å². The number of halogens is 4. The average Bonchev–Trinajstić information content (AvgIpc) is 3.17. The first-order valence-electron chi connectivity index (χ1n) is 6.59. The lowest BCUT2D eigenvalue weighted by atomic mass is 10.1. The quantitative estimate of drug-likeness (QED) is 0.840. The summed E-state index contributed by atoms with van der Waals surface area (Å²) >= 11 is 3.31. The van der Waals surface area contributed by atoms with E-state index in [0.29, 0.717) is 6.42 Å². The topological polar surface area (TPSA) is 23.5 Å². The number of hydrogen-bond acceptors (Lipinski definition) is 2. The van der Waals surface area contributed by atoms with Crippen molar-refractivity contribution >= 4 is 15.9 Å². The molecule has 6 heteroatoms. The lowest BCUT2D eigenvalue weighted by molar-refractivity contribution is -0.147. The fourth-order valence-electron chi connectivity index (χ4n) is 2.23. The Balaban J connectivity index is 1.89. The van der Waals surface area contributed by atoms with Gasteiger partial charge in [-0.15, -0.1) is 0 Å². The highest BCUT2D eigenvalue weighted by Crippen LogP contribution is 2.31. The highest BCUT2D eigenvalue weighted by Gasteiger charge is 2.37. The van der Waals surface area contributed by atoms with Gasteiger partial charge in [0.05, 0.1) is 12.6 Å². The van der Waals surface area contributed by atoms with Crippen molar-refractivity contribution in [1.29, 1.82) is 0 Å². The molecule has 112 valence electrons. The van der Waals surface area contributed by atoms with E-state index < -0.39 is 18.8 Å². The Kier molecular flexibility index (Phi) is 5.09. The number of rotatable bonds is 6. The van der Waals surface area contributed by atoms with Crippen molar-refractivity contribution in [1.82, 2.24) is 4.90 Å². The van der Waals surface area contributed by atoms with Gasteiger partial charge in [-0.1, -0.05) is 28.1 Å². The fraction of sp³-hybridized carbons (Fsp3) is 0.571. The van der Waals surface area contributed by atoms with Crippen LogP contribution < -0.4 is 0 Å². The molecule has 1 aromatic carbocycles. The summed E-state index contributed by atoms with van der Waals surface area (Å²) in [5, 5.41) is 10.1. The van der Waals surface area contributed by atoms with E-state index in [2.05, 4.69) is 15.9 Å². The summed E-state index contributed by atoms with van der Waals surface area (Å²) in [6, 6.07) is 7.25. The number of aliphatic hydroxyl groups excluding tert-OH is 1. The molecule has 0 aromatic heterocycles. The Labute approximate surface area is 124 Å². The predicted molar refractivity (Wildman–Crippen MR) is 74.4 cm³/mol. The van der Waals surface area contributed by atoms with Gasteiger partial charge in [0.2, 0.25) is 0 Å². The van der Waals surface area contributed by atoms with Gasteiger partial charge in [-0.25, -0.2) is 0 Å². The second-order valence-corrected chi connectivity index (χ2v) is 6.09. The van der Waals surface area contributed by atoms with Crippen LogP contribution in [0.15, 0.2) is 28.7 Å². The van der Waals surface area contributed by atoms with E-state index >= 15 is 0 Å². The van der Waals surface area contributed by atoms with Crippen molar-refractivity contribution in [2.45, 2.75) is 37.6 Å². The Morgan fingerprint density at radius 2 is 2.05 bits per heavy atom. The Morgan fingerprint density at radius 3 is 2.60 bits per heavy atom. The highest BCUT2D eigenvalue weighted by molar-refractivity contribution is 9.10. The molecule has 2 rings (SSSR count). The van der Waals surface area contributed by atoms with Gasteiger partial charge in [-0.05, 0) is 37.0 Å². The Hall–Kier alpha value is -0.590. The van der Waals surface area contributed by atoms with Crippen molar-refractivity contribution < 1.29 is 18.3 Å². The minimum Gasteiger partial charge on any atom is -0.388 e. The van der Waals surface area contributed by atoms with Gasteiger partial charge in [-0.3, -0.25) is 4.90 Å². The first kappa shape index (κ1) is 15.8. The second kappa shape index (κ2) is 6.45. The van der Waals surface area contributed by atoms with Gasteiger partial charge in [0.1, 0.15) is 0 Å². The largest absolute Gasteiger partial charge is 0.401 e. The van der Waals surface area contributed by atoms with Gasteiger partial charge < -0.3 is 5.11 Å². The molecule has 1 aliphatic carbocycles. The minimum atomic E-state index is -4.18. The van der Waals surface area contributed by atoms with Crippen LogP contribution >= 0.6 is 15.9 Å². The molecule has 0 bridgehead atoms. The SMILES string of the molecule is OC(CCN(CC(F)(F)F)C1CC1)c1cccc(Br)c1. The van der Waals surface area contributed by atoms with Crippen LogP contribution in [0.1, 0.15) is 30.9 Å². The number of nitrogens with zero attached hydrogens (tertiary/aromatic N) is 1. The summed E-state index contributed by atoms with van der Waals surface area (Å²) in [5.41, 5.74) is 0.724. The molecule has 1 saturated carbocycles. The van der Waals surface area contributed by atoms with Crippen molar-refractivity contribution in [2.75, 3.05) is 13.1 Å². The van der Waals surface area contributed by atoms with Crippen molar-refractivity contribution in [3.8, 4) is 0 Å². The van der Waals surface area contributed by atoms with Crippen molar-refractivity contribution in [3.05, 3.63) is 34.3 Å². The minimum absolute atomic E-state index is 0.0336. The van der Waals surface area contributed by atoms with E-state index in [-0.39, 0.29) is 12.6 Å². The molecule has 1 unspecified atom stereocenters. The molecule has 0 saturated heterocycles. The molecule has 2 nitrogen and oxygen atoms in total. The smallest absolute Gasteiger partial charge is 0.388 e. The van der Waals surface area contributed by atoms with Gasteiger partial charge in [0.25, 0.3) is 0 Å². The van der Waals surface area contributed by atoms with E-state index in [1.807, 2.05) is 6.07 Å². The van der Waals surface area contributed by atoms with Crippen LogP contribution in [0.25, 0.3) is 0 Å². The summed E-state index contributed by atoms with van der Waals surface area (Å²) in [6.07, 6.45) is -2.96. The number of benzene rings is 1. The van der Waals surface area contributed by atoms with Crippen LogP contribution in [0.4, 0.5) is 13.2 Å². The van der Waals surface area contributed by atoms with E-state index in [1.54, 1.807) is 18.2 Å². The molecule has 1 N–H and O–H groups in total. The van der Waals surface area contributed by atoms with E-state index in [9.17, 15) is 18.3 Å². The number of hydrogen-bond donors (Lipinski definition) is 1. The third-order valence-corrected chi connectivity index (χ3v) is 3.86. The van der Waals surface area contributed by atoms with E-state index in [4.69, 9.17) is 0 Å². The number of alkyl halides is 3. The normalized spacial score (nSPS) is 17.5. The molecule has 1 fully saturated rings. The average molecular weight is 352 g/mol. The maximum absolute atomic E-state index is 12.5. The first-order chi connectivity index (χ1) is 9.35. The molecule has 20 heavy (non-hydrogen) atoms. The summed E-state index contributed by atoms with van der Waals surface area (Å²) in [7, 11) is 0. The zero-order chi connectivity index (χ0) is 14.8. The molecule has 0 radical (unpaired) electrons.